The van der Waals surface area contributed by atoms with Crippen LogP contribution >= 0.6 is 11.8 Å². The summed E-state index contributed by atoms with van der Waals surface area (Å²) in [5.74, 6) is 1.34. The van der Waals surface area contributed by atoms with Gasteiger partial charge in [0.1, 0.15) is 0 Å². The highest BCUT2D eigenvalue weighted by Crippen LogP contribution is 2.22. The Morgan fingerprint density at radius 3 is 2.09 bits per heavy atom. The second-order valence-corrected chi connectivity index (χ2v) is 5.35. The Hall–Kier alpha value is 0.350. The van der Waals surface area contributed by atoms with E-state index >= 15 is 0 Å². The Labute approximate surface area is 76.1 Å². The number of unbranched alkanes of at least 4 members (excludes halogenated alkanes) is 2. The molecule has 0 fully saturated rings. The van der Waals surface area contributed by atoms with Gasteiger partial charge in [-0.05, 0) is 30.3 Å². The van der Waals surface area contributed by atoms with Gasteiger partial charge in [0.25, 0.3) is 0 Å². The quantitative estimate of drug-likeness (QED) is 0.569. The zero-order chi connectivity index (χ0) is 8.74. The third-order valence-electron chi connectivity index (χ3n) is 1.78. The first-order valence-corrected chi connectivity index (χ1v) is 5.94. The van der Waals surface area contributed by atoms with Gasteiger partial charge in [-0.25, -0.2) is 0 Å². The van der Waals surface area contributed by atoms with Crippen molar-refractivity contribution in [3.05, 3.63) is 0 Å². The highest BCUT2D eigenvalue weighted by atomic mass is 32.2. The summed E-state index contributed by atoms with van der Waals surface area (Å²) in [5.41, 5.74) is 0.541. The molecule has 0 nitrogen and oxygen atoms in total. The third-order valence-corrected chi connectivity index (χ3v) is 2.47. The lowest BCUT2D eigenvalue weighted by Crippen LogP contribution is -2.03. The van der Waals surface area contributed by atoms with Gasteiger partial charge in [0.15, 0.2) is 0 Å². The van der Waals surface area contributed by atoms with Gasteiger partial charge in [0.05, 0.1) is 0 Å². The number of hydrogen-bond donors (Lipinski definition) is 0. The van der Waals surface area contributed by atoms with Crippen molar-refractivity contribution in [2.45, 2.75) is 46.5 Å². The maximum atomic E-state index is 2.32. The summed E-state index contributed by atoms with van der Waals surface area (Å²) >= 11 is 1.96. The van der Waals surface area contributed by atoms with Crippen LogP contribution in [0.15, 0.2) is 0 Å². The molecule has 0 saturated heterocycles. The molecule has 0 atom stereocenters. The molecule has 0 unspecified atom stereocenters. The van der Waals surface area contributed by atoms with E-state index in [9.17, 15) is 0 Å². The van der Waals surface area contributed by atoms with E-state index in [-0.39, 0.29) is 0 Å². The molecule has 0 aliphatic rings. The molecule has 0 aliphatic carbocycles. The van der Waals surface area contributed by atoms with Crippen molar-refractivity contribution in [1.82, 2.24) is 0 Å². The third kappa shape index (κ3) is 10.4. The largest absolute Gasteiger partial charge is 0.165 e. The van der Waals surface area contributed by atoms with Crippen LogP contribution in [0.3, 0.4) is 0 Å². The van der Waals surface area contributed by atoms with Crippen LogP contribution < -0.4 is 0 Å². The van der Waals surface area contributed by atoms with Gasteiger partial charge >= 0.3 is 0 Å². The van der Waals surface area contributed by atoms with Crippen molar-refractivity contribution in [2.24, 2.45) is 5.41 Å². The standard InChI is InChI=1S/C10H22S/c1-10(2,3)8-6-5-7-9-11-4/h5-9H2,1-4H3. The van der Waals surface area contributed by atoms with Gasteiger partial charge < -0.3 is 0 Å². The van der Waals surface area contributed by atoms with Crippen molar-refractivity contribution in [3.63, 3.8) is 0 Å². The lowest BCUT2D eigenvalue weighted by molar-refractivity contribution is 0.360. The van der Waals surface area contributed by atoms with Crippen LogP contribution in [-0.2, 0) is 0 Å². The molecule has 0 aromatic heterocycles. The van der Waals surface area contributed by atoms with Crippen LogP contribution in [0.1, 0.15) is 46.5 Å². The first kappa shape index (κ1) is 11.4. The average molecular weight is 174 g/mol. The Morgan fingerprint density at radius 1 is 1.00 bits per heavy atom. The molecule has 0 saturated carbocycles. The normalized spacial score (nSPS) is 12.0. The molecule has 0 aromatic rings. The minimum Gasteiger partial charge on any atom is -0.165 e. The van der Waals surface area contributed by atoms with Crippen molar-refractivity contribution >= 4 is 11.8 Å². The Morgan fingerprint density at radius 2 is 1.64 bits per heavy atom. The first-order valence-electron chi connectivity index (χ1n) is 4.55. The molecule has 1 heteroatoms. The van der Waals surface area contributed by atoms with E-state index in [2.05, 4.69) is 27.0 Å². The van der Waals surface area contributed by atoms with E-state index in [0.717, 1.165) is 0 Å². The zero-order valence-corrected chi connectivity index (χ0v) is 9.26. The summed E-state index contributed by atoms with van der Waals surface area (Å²) in [6.45, 7) is 6.96. The van der Waals surface area contributed by atoms with Gasteiger partial charge in [-0.3, -0.25) is 0 Å². The molecule has 11 heavy (non-hydrogen) atoms. The highest BCUT2D eigenvalue weighted by Gasteiger charge is 2.08. The van der Waals surface area contributed by atoms with E-state index in [1.165, 1.54) is 31.4 Å². The summed E-state index contributed by atoms with van der Waals surface area (Å²) in [6, 6.07) is 0. The Kier molecular flexibility index (Phi) is 6.12. The summed E-state index contributed by atoms with van der Waals surface area (Å²) in [4.78, 5) is 0. The second-order valence-electron chi connectivity index (χ2n) is 4.36. The van der Waals surface area contributed by atoms with Crippen LogP contribution in [-0.4, -0.2) is 12.0 Å². The second kappa shape index (κ2) is 5.93. The van der Waals surface area contributed by atoms with Gasteiger partial charge in [-0.1, -0.05) is 33.6 Å². The minimum absolute atomic E-state index is 0.541. The van der Waals surface area contributed by atoms with E-state index in [4.69, 9.17) is 0 Å². The molecule has 0 spiro atoms. The van der Waals surface area contributed by atoms with Crippen LogP contribution in [0.5, 0.6) is 0 Å². The molecule has 0 heterocycles. The molecule has 0 aromatic carbocycles. The van der Waals surface area contributed by atoms with Crippen molar-refractivity contribution in [3.8, 4) is 0 Å². The van der Waals surface area contributed by atoms with Crippen molar-refractivity contribution in [1.29, 1.82) is 0 Å². The van der Waals surface area contributed by atoms with Gasteiger partial charge in [-0.2, -0.15) is 11.8 Å². The molecular formula is C10H22S. The number of hydrogen-bond acceptors (Lipinski definition) is 1. The summed E-state index contributed by atoms with van der Waals surface area (Å²) in [6.07, 6.45) is 7.78. The maximum Gasteiger partial charge on any atom is -0.00703 e. The molecule has 0 bridgehead atoms. The van der Waals surface area contributed by atoms with Crippen LogP contribution in [0.25, 0.3) is 0 Å². The lowest BCUT2D eigenvalue weighted by Gasteiger charge is -2.17. The molecule has 0 amide bonds. The van der Waals surface area contributed by atoms with Crippen molar-refractivity contribution < 1.29 is 0 Å². The van der Waals surface area contributed by atoms with Crippen LogP contribution in [0, 0.1) is 5.41 Å². The van der Waals surface area contributed by atoms with E-state index in [0.29, 0.717) is 5.41 Å². The summed E-state index contributed by atoms with van der Waals surface area (Å²) in [5, 5.41) is 0. The van der Waals surface area contributed by atoms with Crippen molar-refractivity contribution in [2.75, 3.05) is 12.0 Å². The van der Waals surface area contributed by atoms with E-state index in [1.807, 2.05) is 11.8 Å². The highest BCUT2D eigenvalue weighted by molar-refractivity contribution is 7.98. The fourth-order valence-corrected chi connectivity index (χ4v) is 1.57. The van der Waals surface area contributed by atoms with E-state index < -0.39 is 0 Å². The van der Waals surface area contributed by atoms with Gasteiger partial charge in [0, 0.05) is 0 Å². The monoisotopic (exact) mass is 174 g/mol. The zero-order valence-electron chi connectivity index (χ0n) is 8.44. The average Bonchev–Trinajstić information content (AvgIpc) is 1.85. The molecular weight excluding hydrogens is 152 g/mol. The molecule has 0 rings (SSSR count). The SMILES string of the molecule is CSCCCCCC(C)(C)C. The van der Waals surface area contributed by atoms with Crippen LogP contribution in [0.4, 0.5) is 0 Å². The fraction of sp³-hybridized carbons (Fsp3) is 1.00. The summed E-state index contributed by atoms with van der Waals surface area (Å²) in [7, 11) is 0. The molecule has 68 valence electrons. The minimum atomic E-state index is 0.541. The molecule has 0 aliphatic heterocycles. The number of rotatable bonds is 5. The Balaban J connectivity index is 3.02. The maximum absolute atomic E-state index is 2.32. The Bertz CT molecular complexity index is 81.4. The van der Waals surface area contributed by atoms with Crippen LogP contribution in [0.2, 0.25) is 0 Å². The van der Waals surface area contributed by atoms with Gasteiger partial charge in [0.2, 0.25) is 0 Å². The predicted octanol–water partition coefficient (Wildman–Crippen LogP) is 3.96. The smallest absolute Gasteiger partial charge is 0.00703 e. The van der Waals surface area contributed by atoms with E-state index in [1.54, 1.807) is 0 Å². The molecule has 0 radical (unpaired) electrons. The lowest BCUT2D eigenvalue weighted by atomic mass is 9.90. The first-order chi connectivity index (χ1) is 5.06. The number of thioether (sulfide) groups is 1. The van der Waals surface area contributed by atoms with Gasteiger partial charge in [-0.15, -0.1) is 0 Å². The summed E-state index contributed by atoms with van der Waals surface area (Å²) < 4.78 is 0. The topological polar surface area (TPSA) is 0 Å². The fourth-order valence-electron chi connectivity index (χ4n) is 1.08. The predicted molar refractivity (Wildman–Crippen MR) is 56.3 cm³/mol. The molecule has 0 N–H and O–H groups in total.